The first-order valence-corrected chi connectivity index (χ1v) is 8.35. The normalized spacial score (nSPS) is 10.5. The second kappa shape index (κ2) is 8.11. The highest BCUT2D eigenvalue weighted by atomic mass is 35.5. The van der Waals surface area contributed by atoms with Crippen LogP contribution in [-0.4, -0.2) is 18.2 Å². The number of ketones is 1. The zero-order valence-corrected chi connectivity index (χ0v) is 14.0. The number of carbonyl (C=O) groups is 2. The molecule has 0 bridgehead atoms. The van der Waals surface area contributed by atoms with Crippen LogP contribution in [0.25, 0.3) is 0 Å². The van der Waals surface area contributed by atoms with E-state index in [1.807, 2.05) is 36.4 Å². The fourth-order valence-electron chi connectivity index (χ4n) is 2.07. The number of hydrogen-bond acceptors (Lipinski definition) is 3. The number of halogens is 1. The average molecular weight is 336 g/mol. The van der Waals surface area contributed by atoms with Crippen LogP contribution >= 0.6 is 22.9 Å². The molecule has 0 unspecified atom stereocenters. The van der Waals surface area contributed by atoms with Crippen molar-refractivity contribution < 1.29 is 9.59 Å². The second-order valence-electron chi connectivity index (χ2n) is 5.05. The van der Waals surface area contributed by atoms with Gasteiger partial charge in [-0.05, 0) is 49.6 Å². The summed E-state index contributed by atoms with van der Waals surface area (Å²) < 4.78 is 0. The Balaban J connectivity index is 1.70. The lowest BCUT2D eigenvalue weighted by atomic mass is 10.1. The summed E-state index contributed by atoms with van der Waals surface area (Å²) in [5, 5.41) is 3.60. The Morgan fingerprint density at radius 2 is 2.00 bits per heavy atom. The van der Waals surface area contributed by atoms with Gasteiger partial charge in [-0.1, -0.05) is 23.7 Å². The summed E-state index contributed by atoms with van der Waals surface area (Å²) in [6, 6.07) is 11.3. The van der Waals surface area contributed by atoms with Crippen LogP contribution in [-0.2, 0) is 17.6 Å². The fraction of sp³-hybridized carbons (Fsp3) is 0.294. The van der Waals surface area contributed by atoms with Crippen molar-refractivity contribution in [2.75, 3.05) is 6.54 Å². The molecule has 0 radical (unpaired) electrons. The largest absolute Gasteiger partial charge is 0.356 e. The minimum Gasteiger partial charge on any atom is -0.356 e. The van der Waals surface area contributed by atoms with Gasteiger partial charge >= 0.3 is 0 Å². The van der Waals surface area contributed by atoms with E-state index in [0.29, 0.717) is 24.4 Å². The van der Waals surface area contributed by atoms with Gasteiger partial charge in [0.1, 0.15) is 0 Å². The van der Waals surface area contributed by atoms with Crippen LogP contribution in [0.1, 0.15) is 33.5 Å². The molecule has 0 saturated carbocycles. The number of carbonyl (C=O) groups excluding carboxylic acids is 2. The van der Waals surface area contributed by atoms with Crippen molar-refractivity contribution in [2.45, 2.75) is 26.2 Å². The van der Waals surface area contributed by atoms with E-state index in [9.17, 15) is 9.59 Å². The first-order valence-electron chi connectivity index (χ1n) is 7.15. The minimum absolute atomic E-state index is 0.0309. The molecule has 116 valence electrons. The van der Waals surface area contributed by atoms with Crippen molar-refractivity contribution in [3.8, 4) is 0 Å². The molecule has 3 nitrogen and oxygen atoms in total. The van der Waals surface area contributed by atoms with Crippen LogP contribution in [0.4, 0.5) is 0 Å². The molecule has 0 aliphatic heterocycles. The Kier molecular flexibility index (Phi) is 6.16. The molecule has 0 spiro atoms. The Bertz CT molecular complexity index is 666. The van der Waals surface area contributed by atoms with Crippen molar-refractivity contribution in [1.82, 2.24) is 5.32 Å². The van der Waals surface area contributed by atoms with E-state index >= 15 is 0 Å². The number of rotatable bonds is 7. The fourth-order valence-corrected chi connectivity index (χ4v) is 3.18. The predicted molar refractivity (Wildman–Crippen MR) is 90.8 cm³/mol. The molecule has 22 heavy (non-hydrogen) atoms. The molecule has 1 aromatic carbocycles. The van der Waals surface area contributed by atoms with Crippen LogP contribution in [0.3, 0.4) is 0 Å². The number of Topliss-reactive ketones (excluding diaryl/α,β-unsaturated/α-hetero) is 1. The van der Waals surface area contributed by atoms with E-state index in [0.717, 1.165) is 21.7 Å². The molecule has 2 aromatic rings. The third-order valence-corrected chi connectivity index (χ3v) is 4.71. The third kappa shape index (κ3) is 5.28. The van der Waals surface area contributed by atoms with Crippen LogP contribution < -0.4 is 5.32 Å². The van der Waals surface area contributed by atoms with Crippen molar-refractivity contribution in [3.05, 3.63) is 56.7 Å². The van der Waals surface area contributed by atoms with Crippen molar-refractivity contribution in [3.63, 3.8) is 0 Å². The third-order valence-electron chi connectivity index (χ3n) is 3.23. The smallest absolute Gasteiger partial charge is 0.220 e. The Hall–Kier alpha value is -1.65. The van der Waals surface area contributed by atoms with E-state index in [1.165, 1.54) is 11.3 Å². The Labute approximate surface area is 139 Å². The maximum Gasteiger partial charge on any atom is 0.220 e. The van der Waals surface area contributed by atoms with Gasteiger partial charge in [0.05, 0.1) is 4.88 Å². The molecule has 1 aromatic heterocycles. The number of amides is 1. The van der Waals surface area contributed by atoms with Crippen LogP contribution in [0.5, 0.6) is 0 Å². The highest BCUT2D eigenvalue weighted by molar-refractivity contribution is 7.14. The van der Waals surface area contributed by atoms with Gasteiger partial charge in [-0.25, -0.2) is 0 Å². The minimum atomic E-state index is 0.0309. The lowest BCUT2D eigenvalue weighted by Crippen LogP contribution is -2.25. The predicted octanol–water partition coefficient (Wildman–Crippen LogP) is 3.90. The Morgan fingerprint density at radius 3 is 2.68 bits per heavy atom. The standard InChI is InChI=1S/C17H18ClNO2S/c1-12(20)16-7-6-15(22-16)9-10-19-17(21)8-5-13-3-2-4-14(18)11-13/h2-4,6-7,11H,5,8-10H2,1H3,(H,19,21). The number of thiophene rings is 1. The molecular formula is C17H18ClNO2S. The summed E-state index contributed by atoms with van der Waals surface area (Å²) in [6.07, 6.45) is 1.88. The van der Waals surface area contributed by atoms with E-state index in [4.69, 9.17) is 11.6 Å². The molecule has 0 aliphatic rings. The maximum atomic E-state index is 11.8. The number of hydrogen-bond donors (Lipinski definition) is 1. The quantitative estimate of drug-likeness (QED) is 0.780. The zero-order valence-electron chi connectivity index (χ0n) is 12.4. The summed E-state index contributed by atoms with van der Waals surface area (Å²) in [4.78, 5) is 24.9. The zero-order chi connectivity index (χ0) is 15.9. The average Bonchev–Trinajstić information content (AvgIpc) is 2.94. The van der Waals surface area contributed by atoms with Crippen LogP contribution in [0.2, 0.25) is 5.02 Å². The molecule has 0 fully saturated rings. The van der Waals surface area contributed by atoms with Gasteiger partial charge in [0.2, 0.25) is 5.91 Å². The topological polar surface area (TPSA) is 46.2 Å². The lowest BCUT2D eigenvalue weighted by molar-refractivity contribution is -0.121. The van der Waals surface area contributed by atoms with Gasteiger partial charge < -0.3 is 5.32 Å². The summed E-state index contributed by atoms with van der Waals surface area (Å²) >= 11 is 7.40. The molecule has 1 heterocycles. The van der Waals surface area contributed by atoms with E-state index in [1.54, 1.807) is 6.92 Å². The number of aryl methyl sites for hydroxylation is 1. The summed E-state index contributed by atoms with van der Waals surface area (Å²) in [5.74, 6) is 0.116. The van der Waals surface area contributed by atoms with Crippen molar-refractivity contribution >= 4 is 34.6 Å². The van der Waals surface area contributed by atoms with Gasteiger partial charge in [-0.3, -0.25) is 9.59 Å². The molecule has 0 saturated heterocycles. The summed E-state index contributed by atoms with van der Waals surface area (Å²) in [6.45, 7) is 2.15. The summed E-state index contributed by atoms with van der Waals surface area (Å²) in [5.41, 5.74) is 1.06. The van der Waals surface area contributed by atoms with Gasteiger partial charge in [0.25, 0.3) is 0 Å². The van der Waals surface area contributed by atoms with Crippen LogP contribution in [0.15, 0.2) is 36.4 Å². The van der Waals surface area contributed by atoms with Crippen LogP contribution in [0, 0.1) is 0 Å². The van der Waals surface area contributed by atoms with Gasteiger partial charge in [0.15, 0.2) is 5.78 Å². The Morgan fingerprint density at radius 1 is 1.18 bits per heavy atom. The van der Waals surface area contributed by atoms with Crippen molar-refractivity contribution in [2.24, 2.45) is 0 Å². The van der Waals surface area contributed by atoms with Gasteiger partial charge in [0, 0.05) is 22.9 Å². The molecule has 5 heteroatoms. The summed E-state index contributed by atoms with van der Waals surface area (Å²) in [7, 11) is 0. The molecule has 2 rings (SSSR count). The number of nitrogens with one attached hydrogen (secondary N) is 1. The SMILES string of the molecule is CC(=O)c1ccc(CCNC(=O)CCc2cccc(Cl)c2)s1. The van der Waals surface area contributed by atoms with Gasteiger partial charge in [-0.2, -0.15) is 0 Å². The van der Waals surface area contributed by atoms with E-state index in [-0.39, 0.29) is 11.7 Å². The highest BCUT2D eigenvalue weighted by Crippen LogP contribution is 2.17. The molecule has 1 N–H and O–H groups in total. The van der Waals surface area contributed by atoms with Gasteiger partial charge in [-0.15, -0.1) is 11.3 Å². The second-order valence-corrected chi connectivity index (χ2v) is 6.66. The highest BCUT2D eigenvalue weighted by Gasteiger charge is 2.06. The monoisotopic (exact) mass is 335 g/mol. The molecule has 0 aliphatic carbocycles. The molecule has 0 atom stereocenters. The van der Waals surface area contributed by atoms with Crippen molar-refractivity contribution in [1.29, 1.82) is 0 Å². The molecular weight excluding hydrogens is 318 g/mol. The molecule has 1 amide bonds. The maximum absolute atomic E-state index is 11.8. The van der Waals surface area contributed by atoms with E-state index in [2.05, 4.69) is 5.32 Å². The number of benzene rings is 1. The van der Waals surface area contributed by atoms with E-state index < -0.39 is 0 Å². The lowest BCUT2D eigenvalue weighted by Gasteiger charge is -2.05. The first kappa shape index (κ1) is 16.7. The first-order chi connectivity index (χ1) is 10.5.